The molecule has 0 aromatic carbocycles. The molecule has 1 unspecified atom stereocenters. The lowest BCUT2D eigenvalue weighted by Gasteiger charge is -2.00. The molecule has 1 atom stereocenters. The number of aryl methyl sites for hydroxylation is 1. The Bertz CT molecular complexity index is 209. The predicted octanol–water partition coefficient (Wildman–Crippen LogP) is 0.522. The number of hydrogen-bond acceptors (Lipinski definition) is 3. The average Bonchev–Trinajstić information content (AvgIpc) is 1.88. The van der Waals surface area contributed by atoms with Crippen molar-refractivity contribution in [1.29, 1.82) is 0 Å². The van der Waals surface area contributed by atoms with Crippen LogP contribution in [0.5, 0.6) is 0 Å². The molecule has 0 radical (unpaired) electrons. The fraction of sp³-hybridized carbons (Fsp3) is 0.333. The molecule has 0 N–H and O–H groups in total. The van der Waals surface area contributed by atoms with Gasteiger partial charge in [-0.3, -0.25) is 0 Å². The van der Waals surface area contributed by atoms with E-state index in [1.165, 1.54) is 0 Å². The molecule has 1 heterocycles. The van der Waals surface area contributed by atoms with Crippen LogP contribution in [0.4, 0.5) is 0 Å². The van der Waals surface area contributed by atoms with E-state index in [0.717, 1.165) is 5.69 Å². The predicted molar refractivity (Wildman–Crippen MR) is 39.1 cm³/mol. The zero-order valence-electron chi connectivity index (χ0n) is 5.87. The van der Waals surface area contributed by atoms with Crippen LogP contribution in [-0.4, -0.2) is 21.0 Å². The van der Waals surface area contributed by atoms with Crippen molar-refractivity contribution in [1.82, 2.24) is 10.2 Å². The number of rotatable bonds is 1. The molecular formula is C6H8N2OS. The maximum Gasteiger partial charge on any atom is 0.263 e. The number of aromatic nitrogens is 2. The summed E-state index contributed by atoms with van der Waals surface area (Å²) in [5.41, 5.74) is 0.842. The second-order valence-electron chi connectivity index (χ2n) is 1.97. The topological polar surface area (TPSA) is 48.8 Å². The summed E-state index contributed by atoms with van der Waals surface area (Å²) in [6.07, 6.45) is 1.58. The maximum absolute atomic E-state index is 10.8. The van der Waals surface area contributed by atoms with Crippen LogP contribution in [0.15, 0.2) is 17.2 Å². The van der Waals surface area contributed by atoms with Crippen molar-refractivity contribution in [3.8, 4) is 0 Å². The molecule has 1 aromatic heterocycles. The summed E-state index contributed by atoms with van der Waals surface area (Å²) < 4.78 is 10.8. The Morgan fingerprint density at radius 2 is 2.10 bits per heavy atom. The molecule has 0 saturated heterocycles. The van der Waals surface area contributed by atoms with Crippen molar-refractivity contribution in [3.05, 3.63) is 17.8 Å². The van der Waals surface area contributed by atoms with Gasteiger partial charge in [0.05, 0.1) is 5.69 Å². The molecule has 3 nitrogen and oxygen atoms in total. The number of hydrogen-bond donors (Lipinski definition) is 0. The second kappa shape index (κ2) is 2.98. The fourth-order valence-corrected chi connectivity index (χ4v) is 0.956. The zero-order valence-corrected chi connectivity index (χ0v) is 6.68. The van der Waals surface area contributed by atoms with Crippen LogP contribution < -0.4 is 0 Å². The summed E-state index contributed by atoms with van der Waals surface area (Å²) in [5.74, 6) is 0. The Morgan fingerprint density at radius 1 is 1.40 bits per heavy atom. The molecule has 0 aliphatic heterocycles. The van der Waals surface area contributed by atoms with Gasteiger partial charge in [0.1, 0.15) is 6.26 Å². The third-order valence-electron chi connectivity index (χ3n) is 1.07. The third-order valence-corrected chi connectivity index (χ3v) is 1.87. The van der Waals surface area contributed by atoms with Gasteiger partial charge in [0.2, 0.25) is 0 Å². The van der Waals surface area contributed by atoms with Gasteiger partial charge < -0.3 is 4.55 Å². The zero-order chi connectivity index (χ0) is 7.56. The highest BCUT2D eigenvalue weighted by Gasteiger charge is 2.03. The van der Waals surface area contributed by atoms with E-state index < -0.39 is 11.2 Å². The Kier molecular flexibility index (Phi) is 2.24. The highest BCUT2D eigenvalue weighted by atomic mass is 32.2. The lowest BCUT2D eigenvalue weighted by atomic mass is 10.4. The molecule has 0 aliphatic carbocycles. The first-order valence-corrected chi connectivity index (χ1v) is 4.40. The molecule has 0 spiro atoms. The molecule has 10 heavy (non-hydrogen) atoms. The van der Waals surface area contributed by atoms with Crippen LogP contribution in [0.2, 0.25) is 0 Å². The van der Waals surface area contributed by atoms with Crippen LogP contribution in [0, 0.1) is 6.92 Å². The fourth-order valence-electron chi connectivity index (χ4n) is 0.540. The molecule has 0 aliphatic rings. The summed E-state index contributed by atoms with van der Waals surface area (Å²) in [6.45, 7) is 1.84. The number of nitrogens with zero attached hydrogens (tertiary/aromatic N) is 2. The van der Waals surface area contributed by atoms with Crippen LogP contribution in [0.3, 0.4) is 0 Å². The van der Waals surface area contributed by atoms with E-state index in [-0.39, 0.29) is 0 Å². The van der Waals surface area contributed by atoms with E-state index in [1.54, 1.807) is 18.4 Å². The highest BCUT2D eigenvalue weighted by Crippen LogP contribution is 2.02. The normalized spacial score (nSPS) is 13.1. The Labute approximate surface area is 62.7 Å². The van der Waals surface area contributed by atoms with Crippen LogP contribution in [0.25, 0.3) is 0 Å². The molecule has 0 amide bonds. The van der Waals surface area contributed by atoms with Crippen LogP contribution in [-0.2, 0) is 11.2 Å². The minimum atomic E-state index is -1.01. The van der Waals surface area contributed by atoms with Crippen molar-refractivity contribution < 1.29 is 4.55 Å². The summed E-state index contributed by atoms with van der Waals surface area (Å²) in [5, 5.41) is 8.02. The monoisotopic (exact) mass is 156 g/mol. The third kappa shape index (κ3) is 1.68. The van der Waals surface area contributed by atoms with Gasteiger partial charge in [-0.15, -0.1) is 0 Å². The largest absolute Gasteiger partial charge is 0.610 e. The van der Waals surface area contributed by atoms with E-state index in [2.05, 4.69) is 10.2 Å². The van der Waals surface area contributed by atoms with Crippen molar-refractivity contribution in [2.75, 3.05) is 6.26 Å². The lowest BCUT2D eigenvalue weighted by molar-refractivity contribution is 0.594. The van der Waals surface area contributed by atoms with E-state index >= 15 is 0 Å². The molecular weight excluding hydrogens is 148 g/mol. The Hall–Kier alpha value is -0.610. The summed E-state index contributed by atoms with van der Waals surface area (Å²) in [6, 6.07) is 3.52. The lowest BCUT2D eigenvalue weighted by Crippen LogP contribution is -2.01. The van der Waals surface area contributed by atoms with Crippen molar-refractivity contribution in [2.45, 2.75) is 11.9 Å². The summed E-state index contributed by atoms with van der Waals surface area (Å²) in [7, 11) is 0. The van der Waals surface area contributed by atoms with E-state index in [4.69, 9.17) is 0 Å². The molecule has 0 fully saturated rings. The Morgan fingerprint density at radius 3 is 2.50 bits per heavy atom. The first-order valence-electron chi connectivity index (χ1n) is 2.84. The van der Waals surface area contributed by atoms with E-state index in [0.29, 0.717) is 5.03 Å². The van der Waals surface area contributed by atoms with Crippen molar-refractivity contribution in [2.24, 2.45) is 0 Å². The van der Waals surface area contributed by atoms with Gasteiger partial charge in [0.15, 0.2) is 0 Å². The van der Waals surface area contributed by atoms with Gasteiger partial charge in [-0.05, 0) is 13.0 Å². The van der Waals surface area contributed by atoms with Gasteiger partial charge in [-0.25, -0.2) is 0 Å². The first kappa shape index (κ1) is 7.50. The van der Waals surface area contributed by atoms with Crippen molar-refractivity contribution >= 4 is 11.2 Å². The standard InChI is InChI=1S/C6H8N2OS/c1-5-3-4-6(8-7-5)10(2)9/h3-4H,1-2H3. The molecule has 1 rings (SSSR count). The summed E-state index contributed by atoms with van der Waals surface area (Å²) in [4.78, 5) is 0. The maximum atomic E-state index is 10.8. The van der Waals surface area contributed by atoms with Gasteiger partial charge in [0, 0.05) is 17.2 Å². The van der Waals surface area contributed by atoms with Crippen LogP contribution in [0.1, 0.15) is 5.69 Å². The highest BCUT2D eigenvalue weighted by molar-refractivity contribution is 7.90. The van der Waals surface area contributed by atoms with Gasteiger partial charge in [0.25, 0.3) is 5.03 Å². The molecule has 0 bridgehead atoms. The van der Waals surface area contributed by atoms with Gasteiger partial charge in [-0.1, -0.05) is 5.10 Å². The van der Waals surface area contributed by atoms with Gasteiger partial charge >= 0.3 is 0 Å². The molecule has 0 saturated carbocycles. The molecule has 1 aromatic rings. The van der Waals surface area contributed by atoms with E-state index in [1.807, 2.05) is 6.92 Å². The van der Waals surface area contributed by atoms with Gasteiger partial charge in [-0.2, -0.15) is 5.10 Å². The first-order chi connectivity index (χ1) is 4.70. The van der Waals surface area contributed by atoms with E-state index in [9.17, 15) is 4.55 Å². The SMILES string of the molecule is Cc1ccc([S+](C)[O-])nn1. The smallest absolute Gasteiger partial charge is 0.263 e. The van der Waals surface area contributed by atoms with Crippen LogP contribution >= 0.6 is 0 Å². The average molecular weight is 156 g/mol. The minimum absolute atomic E-state index is 0.533. The van der Waals surface area contributed by atoms with Crippen molar-refractivity contribution in [3.63, 3.8) is 0 Å². The Balaban J connectivity index is 2.89. The molecule has 54 valence electrons. The second-order valence-corrected chi connectivity index (χ2v) is 3.29. The molecule has 4 heteroatoms. The quantitative estimate of drug-likeness (QED) is 0.557. The minimum Gasteiger partial charge on any atom is -0.610 e. The summed E-state index contributed by atoms with van der Waals surface area (Å²) >= 11 is -1.01.